The van der Waals surface area contributed by atoms with Crippen molar-refractivity contribution in [3.8, 4) is 11.1 Å². The van der Waals surface area contributed by atoms with Crippen LogP contribution in [0.1, 0.15) is 4.88 Å². The third kappa shape index (κ3) is 1.79. The van der Waals surface area contributed by atoms with Gasteiger partial charge in [0.2, 0.25) is 0 Å². The zero-order valence-electron chi connectivity index (χ0n) is 7.23. The summed E-state index contributed by atoms with van der Waals surface area (Å²) in [6.45, 7) is 0.636. The molecule has 0 amide bonds. The van der Waals surface area contributed by atoms with Crippen LogP contribution in [0.3, 0.4) is 0 Å². The highest BCUT2D eigenvalue weighted by Crippen LogP contribution is 2.24. The Morgan fingerprint density at radius 2 is 1.85 bits per heavy atom. The maximum absolute atomic E-state index is 5.55. The van der Waals surface area contributed by atoms with Crippen molar-refractivity contribution in [1.82, 2.24) is 0 Å². The van der Waals surface area contributed by atoms with Crippen molar-refractivity contribution in [2.75, 3.05) is 0 Å². The quantitative estimate of drug-likeness (QED) is 0.772. The normalized spacial score (nSPS) is 10.2. The van der Waals surface area contributed by atoms with Crippen LogP contribution in [0.2, 0.25) is 0 Å². The van der Waals surface area contributed by atoms with Crippen LogP contribution in [-0.2, 0) is 6.54 Å². The minimum absolute atomic E-state index is 0.636. The zero-order valence-corrected chi connectivity index (χ0v) is 8.05. The summed E-state index contributed by atoms with van der Waals surface area (Å²) in [4.78, 5) is 1.24. The summed E-state index contributed by atoms with van der Waals surface area (Å²) >= 11 is 1.72. The summed E-state index contributed by atoms with van der Waals surface area (Å²) in [6.07, 6.45) is 0. The molecule has 2 N–H and O–H groups in total. The van der Waals surface area contributed by atoms with Crippen LogP contribution < -0.4 is 5.73 Å². The molecule has 2 heteroatoms. The Balaban J connectivity index is 2.36. The highest BCUT2D eigenvalue weighted by Gasteiger charge is 1.99. The van der Waals surface area contributed by atoms with E-state index in [9.17, 15) is 0 Å². The number of hydrogen-bond acceptors (Lipinski definition) is 2. The summed E-state index contributed by atoms with van der Waals surface area (Å²) in [5.74, 6) is 0. The standard InChI is InChI=1S/C11H11NS/c12-7-11-6-10(8-13-11)9-4-2-1-3-5-9/h1-6,8H,7,12H2. The summed E-state index contributed by atoms with van der Waals surface area (Å²) in [6, 6.07) is 12.5. The third-order valence-corrected chi connectivity index (χ3v) is 2.92. The van der Waals surface area contributed by atoms with Gasteiger partial charge in [-0.1, -0.05) is 30.3 Å². The van der Waals surface area contributed by atoms with E-state index in [0.717, 1.165) is 0 Å². The van der Waals surface area contributed by atoms with Gasteiger partial charge in [0.05, 0.1) is 0 Å². The fourth-order valence-corrected chi connectivity index (χ4v) is 2.04. The lowest BCUT2D eigenvalue weighted by Crippen LogP contribution is -1.91. The summed E-state index contributed by atoms with van der Waals surface area (Å²) < 4.78 is 0. The van der Waals surface area contributed by atoms with Gasteiger partial charge in [0.15, 0.2) is 0 Å². The van der Waals surface area contributed by atoms with E-state index >= 15 is 0 Å². The minimum Gasteiger partial charge on any atom is -0.326 e. The predicted octanol–water partition coefficient (Wildman–Crippen LogP) is 2.87. The van der Waals surface area contributed by atoms with Crippen LogP contribution in [0.4, 0.5) is 0 Å². The van der Waals surface area contributed by atoms with E-state index in [1.165, 1.54) is 16.0 Å². The van der Waals surface area contributed by atoms with Crippen LogP contribution in [0, 0.1) is 0 Å². The first-order valence-electron chi connectivity index (χ1n) is 4.23. The van der Waals surface area contributed by atoms with Gasteiger partial charge in [-0.2, -0.15) is 0 Å². The van der Waals surface area contributed by atoms with Crippen LogP contribution >= 0.6 is 11.3 Å². The van der Waals surface area contributed by atoms with Gasteiger partial charge >= 0.3 is 0 Å². The minimum atomic E-state index is 0.636. The average Bonchev–Trinajstić information content (AvgIpc) is 2.67. The highest BCUT2D eigenvalue weighted by molar-refractivity contribution is 7.10. The topological polar surface area (TPSA) is 26.0 Å². The molecule has 0 aliphatic carbocycles. The average molecular weight is 189 g/mol. The van der Waals surface area contributed by atoms with E-state index in [0.29, 0.717) is 6.54 Å². The van der Waals surface area contributed by atoms with Gasteiger partial charge < -0.3 is 5.73 Å². The second-order valence-corrected chi connectivity index (χ2v) is 3.87. The van der Waals surface area contributed by atoms with Gasteiger partial charge in [0, 0.05) is 11.4 Å². The van der Waals surface area contributed by atoms with Gasteiger partial charge in [-0.15, -0.1) is 11.3 Å². The van der Waals surface area contributed by atoms with Gasteiger partial charge in [-0.05, 0) is 22.6 Å². The van der Waals surface area contributed by atoms with Gasteiger partial charge in [-0.3, -0.25) is 0 Å². The van der Waals surface area contributed by atoms with Crippen LogP contribution in [0.5, 0.6) is 0 Å². The van der Waals surface area contributed by atoms with E-state index in [1.54, 1.807) is 11.3 Å². The molecule has 1 nitrogen and oxygen atoms in total. The van der Waals surface area contributed by atoms with Crippen molar-refractivity contribution in [3.05, 3.63) is 46.7 Å². The molecule has 0 bridgehead atoms. The molecule has 2 aromatic rings. The van der Waals surface area contributed by atoms with E-state index in [1.807, 2.05) is 6.07 Å². The first-order valence-corrected chi connectivity index (χ1v) is 5.11. The van der Waals surface area contributed by atoms with Crippen LogP contribution in [0.25, 0.3) is 11.1 Å². The van der Waals surface area contributed by atoms with E-state index in [-0.39, 0.29) is 0 Å². The first-order chi connectivity index (χ1) is 6.40. The molecule has 0 aliphatic rings. The number of hydrogen-bond donors (Lipinski definition) is 1. The Morgan fingerprint density at radius 1 is 1.08 bits per heavy atom. The van der Waals surface area contributed by atoms with Gasteiger partial charge in [-0.25, -0.2) is 0 Å². The summed E-state index contributed by atoms with van der Waals surface area (Å²) in [5.41, 5.74) is 8.08. The molecular weight excluding hydrogens is 178 g/mol. The summed E-state index contributed by atoms with van der Waals surface area (Å²) in [5, 5.41) is 2.15. The van der Waals surface area contributed by atoms with Crippen molar-refractivity contribution >= 4 is 11.3 Å². The molecule has 0 saturated carbocycles. The highest BCUT2D eigenvalue weighted by atomic mass is 32.1. The SMILES string of the molecule is NCc1cc(-c2ccccc2)cs1. The Kier molecular flexibility index (Phi) is 2.43. The molecule has 1 aromatic carbocycles. The van der Waals surface area contributed by atoms with E-state index in [4.69, 9.17) is 5.73 Å². The molecule has 0 spiro atoms. The Hall–Kier alpha value is -1.12. The van der Waals surface area contributed by atoms with Gasteiger partial charge in [0.1, 0.15) is 0 Å². The second kappa shape index (κ2) is 3.73. The molecule has 2 rings (SSSR count). The lowest BCUT2D eigenvalue weighted by molar-refractivity contribution is 1.11. The van der Waals surface area contributed by atoms with Crippen LogP contribution in [0.15, 0.2) is 41.8 Å². The van der Waals surface area contributed by atoms with Crippen LogP contribution in [-0.4, -0.2) is 0 Å². The van der Waals surface area contributed by atoms with Crippen molar-refractivity contribution in [3.63, 3.8) is 0 Å². The first kappa shape index (κ1) is 8.48. The maximum Gasteiger partial charge on any atom is 0.0274 e. The molecule has 0 radical (unpaired) electrons. The smallest absolute Gasteiger partial charge is 0.0274 e. The predicted molar refractivity (Wildman–Crippen MR) is 57.6 cm³/mol. The fourth-order valence-electron chi connectivity index (χ4n) is 1.27. The lowest BCUT2D eigenvalue weighted by atomic mass is 10.1. The van der Waals surface area contributed by atoms with E-state index in [2.05, 4.69) is 35.7 Å². The molecule has 1 heterocycles. The Morgan fingerprint density at radius 3 is 2.46 bits per heavy atom. The lowest BCUT2D eigenvalue weighted by Gasteiger charge is -1.94. The molecule has 1 aromatic heterocycles. The van der Waals surface area contributed by atoms with E-state index < -0.39 is 0 Å². The van der Waals surface area contributed by atoms with Crippen molar-refractivity contribution in [1.29, 1.82) is 0 Å². The number of nitrogens with two attached hydrogens (primary N) is 1. The molecule has 0 fully saturated rings. The second-order valence-electron chi connectivity index (χ2n) is 2.87. The van der Waals surface area contributed by atoms with Gasteiger partial charge in [0.25, 0.3) is 0 Å². The molecule has 13 heavy (non-hydrogen) atoms. The largest absolute Gasteiger partial charge is 0.326 e. The Bertz CT molecular complexity index is 378. The molecule has 0 saturated heterocycles. The van der Waals surface area contributed by atoms with Crippen molar-refractivity contribution in [2.24, 2.45) is 5.73 Å². The fraction of sp³-hybridized carbons (Fsp3) is 0.0909. The summed E-state index contributed by atoms with van der Waals surface area (Å²) in [7, 11) is 0. The number of rotatable bonds is 2. The molecule has 0 aliphatic heterocycles. The monoisotopic (exact) mass is 189 g/mol. The Labute approximate surface area is 81.8 Å². The zero-order chi connectivity index (χ0) is 9.10. The van der Waals surface area contributed by atoms with Crippen molar-refractivity contribution in [2.45, 2.75) is 6.54 Å². The molecule has 0 unspecified atom stereocenters. The molecule has 0 atom stereocenters. The molecular formula is C11H11NS. The number of thiophene rings is 1. The number of benzene rings is 1. The molecule has 66 valence electrons. The van der Waals surface area contributed by atoms with Crippen molar-refractivity contribution < 1.29 is 0 Å². The maximum atomic E-state index is 5.55. The third-order valence-electron chi connectivity index (χ3n) is 1.96.